The molecule has 5 nitrogen and oxygen atoms in total. The zero-order chi connectivity index (χ0) is 18.8. The Morgan fingerprint density at radius 3 is 2.41 bits per heavy atom. The summed E-state index contributed by atoms with van der Waals surface area (Å²) in [4.78, 5) is 0. The van der Waals surface area contributed by atoms with E-state index in [1.54, 1.807) is 14.2 Å². The molecule has 3 aromatic rings. The van der Waals surface area contributed by atoms with Crippen molar-refractivity contribution in [2.24, 2.45) is 0 Å². The number of nitrogens with zero attached hydrogens (tertiary/aromatic N) is 1. The topological polar surface area (TPSA) is 43.8 Å². The highest BCUT2D eigenvalue weighted by molar-refractivity contribution is 5.79. The van der Waals surface area contributed by atoms with E-state index >= 15 is 0 Å². The fourth-order valence-electron chi connectivity index (χ4n) is 3.48. The molecule has 0 bridgehead atoms. The van der Waals surface area contributed by atoms with E-state index in [4.69, 9.17) is 18.6 Å². The van der Waals surface area contributed by atoms with Gasteiger partial charge in [0.25, 0.3) is 0 Å². The molecule has 0 unspecified atom stereocenters. The van der Waals surface area contributed by atoms with Gasteiger partial charge in [0.05, 0.1) is 25.7 Å². The molecule has 2 aromatic carbocycles. The van der Waals surface area contributed by atoms with Crippen LogP contribution in [-0.4, -0.2) is 40.5 Å². The van der Waals surface area contributed by atoms with Crippen molar-refractivity contribution in [2.75, 3.05) is 40.5 Å². The van der Waals surface area contributed by atoms with E-state index < -0.39 is 0 Å². The maximum Gasteiger partial charge on any atom is 0.214 e. The highest BCUT2D eigenvalue weighted by Gasteiger charge is 2.17. The van der Waals surface area contributed by atoms with Gasteiger partial charge in [-0.25, -0.2) is 4.58 Å². The fourth-order valence-corrected chi connectivity index (χ4v) is 3.48. The summed E-state index contributed by atoms with van der Waals surface area (Å²) < 4.78 is 25.0. The van der Waals surface area contributed by atoms with Crippen molar-refractivity contribution in [3.63, 3.8) is 0 Å². The summed E-state index contributed by atoms with van der Waals surface area (Å²) in [5, 5.41) is 2.30. The van der Waals surface area contributed by atoms with Gasteiger partial charge in [0.1, 0.15) is 24.6 Å². The summed E-state index contributed by atoms with van der Waals surface area (Å²) in [6.45, 7) is 5.33. The average Bonchev–Trinajstić information content (AvgIpc) is 2.73. The molecule has 0 saturated carbocycles. The number of hydrogen-bond acceptors (Lipinski definition) is 4. The summed E-state index contributed by atoms with van der Waals surface area (Å²) in [5.41, 5.74) is 3.03. The molecule has 27 heavy (non-hydrogen) atoms. The second-order valence-electron chi connectivity index (χ2n) is 6.66. The molecule has 0 aliphatic carbocycles. The van der Waals surface area contributed by atoms with Crippen molar-refractivity contribution < 1.29 is 18.6 Å². The zero-order valence-corrected chi connectivity index (χ0v) is 16.0. The van der Waals surface area contributed by atoms with Gasteiger partial charge in [-0.3, -0.25) is 0 Å². The Kier molecular flexibility index (Phi) is 4.86. The van der Waals surface area contributed by atoms with E-state index in [-0.39, 0.29) is 0 Å². The van der Waals surface area contributed by atoms with Gasteiger partial charge in [0.15, 0.2) is 24.6 Å². The van der Waals surface area contributed by atoms with Crippen LogP contribution in [0.1, 0.15) is 5.56 Å². The first kappa shape index (κ1) is 17.6. The second-order valence-corrected chi connectivity index (χ2v) is 6.66. The Labute approximate surface area is 158 Å². The van der Waals surface area contributed by atoms with E-state index in [2.05, 4.69) is 29.7 Å². The van der Waals surface area contributed by atoms with Gasteiger partial charge in [-0.05, 0) is 37.3 Å². The van der Waals surface area contributed by atoms with Crippen LogP contribution in [0.5, 0.6) is 11.5 Å². The monoisotopic (exact) mass is 366 g/mol. The van der Waals surface area contributed by atoms with Crippen molar-refractivity contribution in [2.45, 2.75) is 6.92 Å². The Hall–Kier alpha value is -2.79. The first-order valence-electron chi connectivity index (χ1n) is 9.12. The molecule has 0 amide bonds. The molecule has 0 spiro atoms. The molecule has 1 saturated heterocycles. The SMILES string of the molecule is COc1ccc(-c2cc(=[N+]3CCOCC3)c3cc(C)ccc3o2)cc1OC. The van der Waals surface area contributed by atoms with Crippen LogP contribution in [0.3, 0.4) is 0 Å². The molecule has 0 atom stereocenters. The Morgan fingerprint density at radius 2 is 1.67 bits per heavy atom. The maximum atomic E-state index is 6.25. The minimum Gasteiger partial charge on any atom is -0.493 e. The normalized spacial score (nSPS) is 14.4. The van der Waals surface area contributed by atoms with E-state index in [0.29, 0.717) is 11.5 Å². The number of aryl methyl sites for hydroxylation is 1. The number of methoxy groups -OCH3 is 2. The largest absolute Gasteiger partial charge is 0.493 e. The van der Waals surface area contributed by atoms with E-state index in [0.717, 1.165) is 48.6 Å². The van der Waals surface area contributed by atoms with Gasteiger partial charge in [0, 0.05) is 5.56 Å². The lowest BCUT2D eigenvalue weighted by atomic mass is 10.1. The van der Waals surface area contributed by atoms with E-state index in [9.17, 15) is 0 Å². The number of rotatable bonds is 3. The van der Waals surface area contributed by atoms with Crippen molar-refractivity contribution in [1.82, 2.24) is 4.58 Å². The molecule has 1 fully saturated rings. The number of benzene rings is 2. The van der Waals surface area contributed by atoms with Crippen molar-refractivity contribution in [3.05, 3.63) is 53.4 Å². The Morgan fingerprint density at radius 1 is 0.889 bits per heavy atom. The first-order chi connectivity index (χ1) is 13.2. The lowest BCUT2D eigenvalue weighted by Crippen LogP contribution is -2.40. The number of ether oxygens (including phenoxy) is 3. The smallest absolute Gasteiger partial charge is 0.214 e. The summed E-state index contributed by atoms with van der Waals surface area (Å²) >= 11 is 0. The average molecular weight is 366 g/mol. The Balaban J connectivity index is 1.96. The summed E-state index contributed by atoms with van der Waals surface area (Å²) in [6.07, 6.45) is 0. The van der Waals surface area contributed by atoms with Gasteiger partial charge < -0.3 is 18.6 Å². The summed E-state index contributed by atoms with van der Waals surface area (Å²) in [7, 11) is 3.28. The van der Waals surface area contributed by atoms with Crippen molar-refractivity contribution >= 4 is 11.0 Å². The quantitative estimate of drug-likeness (QED) is 0.668. The molecule has 5 heteroatoms. The minimum atomic E-state index is 0.683. The lowest BCUT2D eigenvalue weighted by molar-refractivity contribution is 0.0967. The molecular weight excluding hydrogens is 342 g/mol. The molecule has 1 aliphatic rings. The third-order valence-electron chi connectivity index (χ3n) is 4.92. The van der Waals surface area contributed by atoms with Gasteiger partial charge in [0.2, 0.25) is 5.36 Å². The lowest BCUT2D eigenvalue weighted by Gasteiger charge is -2.13. The van der Waals surface area contributed by atoms with Crippen LogP contribution in [0.15, 0.2) is 46.9 Å². The molecule has 0 radical (unpaired) electrons. The van der Waals surface area contributed by atoms with E-state index in [1.165, 1.54) is 10.9 Å². The van der Waals surface area contributed by atoms with Gasteiger partial charge >= 0.3 is 0 Å². The second kappa shape index (κ2) is 7.45. The molecule has 140 valence electrons. The van der Waals surface area contributed by atoms with Crippen LogP contribution in [0.25, 0.3) is 22.3 Å². The van der Waals surface area contributed by atoms with Crippen LogP contribution in [-0.2, 0) is 4.74 Å². The zero-order valence-electron chi connectivity index (χ0n) is 16.0. The Bertz CT molecular complexity index is 1040. The number of hydrogen-bond donors (Lipinski definition) is 0. The van der Waals surface area contributed by atoms with Crippen LogP contribution in [0.2, 0.25) is 0 Å². The number of fused-ring (bicyclic) bond motifs is 1. The van der Waals surface area contributed by atoms with Crippen LogP contribution >= 0.6 is 0 Å². The molecule has 4 rings (SSSR count). The van der Waals surface area contributed by atoms with Gasteiger partial charge in [-0.2, -0.15) is 0 Å². The van der Waals surface area contributed by atoms with Gasteiger partial charge in [-0.1, -0.05) is 11.6 Å². The predicted octanol–water partition coefficient (Wildman–Crippen LogP) is 3.23. The van der Waals surface area contributed by atoms with Crippen LogP contribution in [0, 0.1) is 6.92 Å². The van der Waals surface area contributed by atoms with Crippen LogP contribution in [0.4, 0.5) is 0 Å². The standard InChI is InChI=1S/C22H24NO4/c1-15-4-6-19-17(12-15)18(23-8-10-26-11-9-23)14-21(27-19)16-5-7-20(24-2)22(13-16)25-3/h4-7,12-14H,8-11H2,1-3H3/q+1. The summed E-state index contributed by atoms with van der Waals surface area (Å²) in [5.74, 6) is 2.18. The maximum absolute atomic E-state index is 6.25. The fraction of sp³-hybridized carbons (Fsp3) is 0.318. The molecular formula is C22H24NO4+. The molecule has 0 N–H and O–H groups in total. The third-order valence-corrected chi connectivity index (χ3v) is 4.92. The van der Waals surface area contributed by atoms with Crippen molar-refractivity contribution in [1.29, 1.82) is 0 Å². The molecule has 2 heterocycles. The third kappa shape index (κ3) is 3.43. The summed E-state index contributed by atoms with van der Waals surface area (Å²) in [6, 6.07) is 14.3. The van der Waals surface area contributed by atoms with Gasteiger partial charge in [-0.15, -0.1) is 0 Å². The highest BCUT2D eigenvalue weighted by Crippen LogP contribution is 2.32. The highest BCUT2D eigenvalue weighted by atomic mass is 16.5. The first-order valence-corrected chi connectivity index (χ1v) is 9.12. The predicted molar refractivity (Wildman–Crippen MR) is 105 cm³/mol. The minimum absolute atomic E-state index is 0.683. The van der Waals surface area contributed by atoms with Crippen LogP contribution < -0.4 is 19.4 Å². The molecule has 1 aliphatic heterocycles. The molecule has 1 aromatic heterocycles. The van der Waals surface area contributed by atoms with Crippen molar-refractivity contribution in [3.8, 4) is 22.8 Å². The number of morpholine rings is 1. The van der Waals surface area contributed by atoms with E-state index in [1.807, 2.05) is 24.3 Å².